The number of rotatable bonds is 4. The predicted octanol–water partition coefficient (Wildman–Crippen LogP) is 0.714. The number of carbonyl (C=O) groups excluding carboxylic acids is 1. The summed E-state index contributed by atoms with van der Waals surface area (Å²) in [5.41, 5.74) is 5.11. The van der Waals surface area contributed by atoms with Crippen LogP contribution in [0, 0.1) is 0 Å². The third-order valence-electron chi connectivity index (χ3n) is 3.65. The Morgan fingerprint density at radius 2 is 1.88 bits per heavy atom. The maximum absolute atomic E-state index is 11.7. The van der Waals surface area contributed by atoms with Gasteiger partial charge in [0.1, 0.15) is 0 Å². The van der Waals surface area contributed by atoms with Crippen LogP contribution in [-0.2, 0) is 4.79 Å². The van der Waals surface area contributed by atoms with Gasteiger partial charge in [-0.3, -0.25) is 4.79 Å². The van der Waals surface area contributed by atoms with E-state index in [1.165, 1.54) is 12.8 Å². The van der Waals surface area contributed by atoms with Crippen LogP contribution in [0.4, 0.5) is 0 Å². The number of carbonyl (C=O) groups is 1. The first-order valence-electron chi connectivity index (χ1n) is 6.03. The monoisotopic (exact) mass is 227 g/mol. The highest BCUT2D eigenvalue weighted by Crippen LogP contribution is 2.33. The minimum Gasteiger partial charge on any atom is -0.353 e. The average Bonchev–Trinajstić information content (AvgIpc) is 2.62. The van der Waals surface area contributed by atoms with Crippen LogP contribution < -0.4 is 11.1 Å². The quantitative estimate of drug-likeness (QED) is 0.744. The Labute approximate surface area is 98.6 Å². The minimum atomic E-state index is -0.786. The van der Waals surface area contributed by atoms with Crippen LogP contribution in [0.5, 0.6) is 0 Å². The summed E-state index contributed by atoms with van der Waals surface area (Å²) in [5.74, 6) is -0.0689. The van der Waals surface area contributed by atoms with E-state index in [9.17, 15) is 4.79 Å². The Balaban J connectivity index is 2.55. The standard InChI is InChI=1S/C12H25N3O/c1-11(2,13)10(16)14-9-12(15(3)4)7-5-6-8-12/h5-9,13H2,1-4H3,(H,14,16). The normalized spacial score (nSPS) is 20.1. The fourth-order valence-corrected chi connectivity index (χ4v) is 2.29. The van der Waals surface area contributed by atoms with Gasteiger partial charge >= 0.3 is 0 Å². The van der Waals surface area contributed by atoms with Crippen LogP contribution in [0.25, 0.3) is 0 Å². The van der Waals surface area contributed by atoms with Gasteiger partial charge < -0.3 is 16.0 Å². The molecule has 0 aromatic carbocycles. The lowest BCUT2D eigenvalue weighted by atomic mass is 9.95. The van der Waals surface area contributed by atoms with Crippen molar-refractivity contribution >= 4 is 5.91 Å². The largest absolute Gasteiger partial charge is 0.353 e. The van der Waals surface area contributed by atoms with Crippen LogP contribution in [0.2, 0.25) is 0 Å². The molecule has 1 amide bonds. The molecule has 1 aliphatic carbocycles. The van der Waals surface area contributed by atoms with E-state index >= 15 is 0 Å². The number of nitrogens with one attached hydrogen (secondary N) is 1. The fourth-order valence-electron chi connectivity index (χ4n) is 2.29. The SMILES string of the molecule is CN(C)C1(CNC(=O)C(C)(C)N)CCCC1. The lowest BCUT2D eigenvalue weighted by molar-refractivity contribution is -0.125. The van der Waals surface area contributed by atoms with E-state index in [-0.39, 0.29) is 11.4 Å². The van der Waals surface area contributed by atoms with E-state index in [1.54, 1.807) is 13.8 Å². The zero-order valence-corrected chi connectivity index (χ0v) is 11.0. The lowest BCUT2D eigenvalue weighted by Gasteiger charge is -2.37. The third-order valence-corrected chi connectivity index (χ3v) is 3.65. The Bertz CT molecular complexity index is 249. The highest BCUT2D eigenvalue weighted by molar-refractivity contribution is 5.85. The van der Waals surface area contributed by atoms with Gasteiger partial charge in [-0.05, 0) is 40.8 Å². The van der Waals surface area contributed by atoms with Crippen molar-refractivity contribution in [1.82, 2.24) is 10.2 Å². The number of nitrogens with zero attached hydrogens (tertiary/aromatic N) is 1. The van der Waals surface area contributed by atoms with Gasteiger partial charge in [0.15, 0.2) is 0 Å². The van der Waals surface area contributed by atoms with Gasteiger partial charge in [-0.15, -0.1) is 0 Å². The Kier molecular flexibility index (Phi) is 3.97. The molecule has 1 rings (SSSR count). The second-order valence-corrected chi connectivity index (χ2v) is 5.73. The summed E-state index contributed by atoms with van der Waals surface area (Å²) < 4.78 is 0. The highest BCUT2D eigenvalue weighted by atomic mass is 16.2. The third kappa shape index (κ3) is 2.95. The van der Waals surface area contributed by atoms with Crippen LogP contribution in [0.3, 0.4) is 0 Å². The van der Waals surface area contributed by atoms with Gasteiger partial charge in [-0.25, -0.2) is 0 Å². The topological polar surface area (TPSA) is 58.4 Å². The molecule has 0 unspecified atom stereocenters. The van der Waals surface area contributed by atoms with Crippen molar-refractivity contribution in [3.05, 3.63) is 0 Å². The Morgan fingerprint density at radius 3 is 2.25 bits per heavy atom. The van der Waals surface area contributed by atoms with Crippen LogP contribution >= 0.6 is 0 Å². The lowest BCUT2D eigenvalue weighted by Crippen LogP contribution is -2.56. The molecule has 0 atom stereocenters. The van der Waals surface area contributed by atoms with Gasteiger partial charge in [-0.1, -0.05) is 12.8 Å². The molecular formula is C12H25N3O. The minimum absolute atomic E-state index is 0.0689. The summed E-state index contributed by atoms with van der Waals surface area (Å²) in [4.78, 5) is 14.0. The summed E-state index contributed by atoms with van der Waals surface area (Å²) in [6.07, 6.45) is 4.82. The predicted molar refractivity (Wildman–Crippen MR) is 66.2 cm³/mol. The molecule has 16 heavy (non-hydrogen) atoms. The number of likely N-dealkylation sites (N-methyl/N-ethyl adjacent to an activating group) is 1. The number of amides is 1. The van der Waals surface area contributed by atoms with Gasteiger partial charge in [0.2, 0.25) is 5.91 Å². The van der Waals surface area contributed by atoms with Crippen molar-refractivity contribution in [1.29, 1.82) is 0 Å². The summed E-state index contributed by atoms with van der Waals surface area (Å²) in [6.45, 7) is 4.18. The number of hydrogen-bond acceptors (Lipinski definition) is 3. The van der Waals surface area contributed by atoms with Crippen molar-refractivity contribution in [2.24, 2.45) is 5.73 Å². The fraction of sp³-hybridized carbons (Fsp3) is 0.917. The maximum atomic E-state index is 11.7. The maximum Gasteiger partial charge on any atom is 0.239 e. The summed E-state index contributed by atoms with van der Waals surface area (Å²) in [6, 6.07) is 0. The second kappa shape index (κ2) is 4.72. The van der Waals surface area contributed by atoms with Crippen molar-refractivity contribution in [2.75, 3.05) is 20.6 Å². The molecule has 4 nitrogen and oxygen atoms in total. The van der Waals surface area contributed by atoms with Crippen LogP contribution in [0.1, 0.15) is 39.5 Å². The summed E-state index contributed by atoms with van der Waals surface area (Å²) >= 11 is 0. The van der Waals surface area contributed by atoms with E-state index in [2.05, 4.69) is 24.3 Å². The van der Waals surface area contributed by atoms with Crippen molar-refractivity contribution < 1.29 is 4.79 Å². The first-order valence-corrected chi connectivity index (χ1v) is 6.03. The smallest absolute Gasteiger partial charge is 0.239 e. The van der Waals surface area contributed by atoms with Crippen LogP contribution in [-0.4, -0.2) is 42.5 Å². The molecule has 0 heterocycles. The molecule has 0 spiro atoms. The van der Waals surface area contributed by atoms with Crippen molar-refractivity contribution in [2.45, 2.75) is 50.6 Å². The number of nitrogens with two attached hydrogens (primary N) is 1. The van der Waals surface area contributed by atoms with Crippen molar-refractivity contribution in [3.63, 3.8) is 0 Å². The summed E-state index contributed by atoms with van der Waals surface area (Å²) in [5, 5.41) is 2.98. The van der Waals surface area contributed by atoms with Gasteiger partial charge in [0, 0.05) is 12.1 Å². The molecule has 0 radical (unpaired) electrons. The first kappa shape index (κ1) is 13.5. The molecule has 1 saturated carbocycles. The highest BCUT2D eigenvalue weighted by Gasteiger charge is 2.37. The molecular weight excluding hydrogens is 202 g/mol. The molecule has 0 saturated heterocycles. The molecule has 0 bridgehead atoms. The molecule has 0 aromatic heterocycles. The molecule has 1 fully saturated rings. The molecule has 94 valence electrons. The molecule has 0 aromatic rings. The summed E-state index contributed by atoms with van der Waals surface area (Å²) in [7, 11) is 4.18. The average molecular weight is 227 g/mol. The van der Waals surface area contributed by atoms with E-state index in [1.807, 2.05) is 0 Å². The Morgan fingerprint density at radius 1 is 1.38 bits per heavy atom. The van der Waals surface area contributed by atoms with E-state index in [0.717, 1.165) is 12.8 Å². The van der Waals surface area contributed by atoms with Crippen LogP contribution in [0.15, 0.2) is 0 Å². The van der Waals surface area contributed by atoms with E-state index < -0.39 is 5.54 Å². The molecule has 1 aliphatic rings. The number of hydrogen-bond donors (Lipinski definition) is 2. The van der Waals surface area contributed by atoms with Gasteiger partial charge in [0.25, 0.3) is 0 Å². The zero-order valence-electron chi connectivity index (χ0n) is 11.0. The van der Waals surface area contributed by atoms with Crippen molar-refractivity contribution in [3.8, 4) is 0 Å². The van der Waals surface area contributed by atoms with Gasteiger partial charge in [0.05, 0.1) is 5.54 Å². The zero-order chi connectivity index (χ0) is 12.4. The first-order chi connectivity index (χ1) is 7.28. The second-order valence-electron chi connectivity index (χ2n) is 5.73. The molecule has 4 heteroatoms. The van der Waals surface area contributed by atoms with E-state index in [4.69, 9.17) is 5.73 Å². The molecule has 3 N–H and O–H groups in total. The van der Waals surface area contributed by atoms with E-state index in [0.29, 0.717) is 6.54 Å². The molecule has 0 aliphatic heterocycles. The van der Waals surface area contributed by atoms with Gasteiger partial charge in [-0.2, -0.15) is 0 Å². The Hall–Kier alpha value is -0.610.